The molecule has 5 nitrogen and oxygen atoms in total. The van der Waals surface area contributed by atoms with Crippen LogP contribution in [0.5, 0.6) is 11.5 Å². The fourth-order valence-corrected chi connectivity index (χ4v) is 2.54. The van der Waals surface area contributed by atoms with Crippen LogP contribution in [0.1, 0.15) is 31.2 Å². The van der Waals surface area contributed by atoms with Gasteiger partial charge in [0.2, 0.25) is 6.79 Å². The molecule has 1 aliphatic carbocycles. The Morgan fingerprint density at radius 3 is 2.89 bits per heavy atom. The lowest BCUT2D eigenvalue weighted by atomic mass is 10.2. The molecule has 0 radical (unpaired) electrons. The van der Waals surface area contributed by atoms with Crippen molar-refractivity contribution in [2.75, 3.05) is 6.79 Å². The summed E-state index contributed by atoms with van der Waals surface area (Å²) >= 11 is 0. The Bertz CT molecular complexity index is 482. The summed E-state index contributed by atoms with van der Waals surface area (Å²) in [5.74, 6) is 2.12. The molecule has 0 aromatic heterocycles. The lowest BCUT2D eigenvalue weighted by Gasteiger charge is -2.12. The third-order valence-electron chi connectivity index (χ3n) is 3.58. The van der Waals surface area contributed by atoms with Gasteiger partial charge >= 0.3 is 0 Å². The number of hydrogen-bond acceptors (Lipinski definition) is 3. The molecule has 0 atom stereocenters. The van der Waals surface area contributed by atoms with E-state index in [9.17, 15) is 0 Å². The van der Waals surface area contributed by atoms with Crippen molar-refractivity contribution in [2.45, 2.75) is 38.3 Å². The molecule has 2 aliphatic rings. The van der Waals surface area contributed by atoms with E-state index in [0.717, 1.165) is 17.1 Å². The summed E-state index contributed by atoms with van der Waals surface area (Å²) in [6.07, 6.45) is 4.96. The van der Waals surface area contributed by atoms with E-state index < -0.39 is 0 Å². The van der Waals surface area contributed by atoms with E-state index in [1.54, 1.807) is 0 Å². The second-order valence-corrected chi connectivity index (χ2v) is 5.01. The van der Waals surface area contributed by atoms with Crippen molar-refractivity contribution in [3.8, 4) is 11.5 Å². The van der Waals surface area contributed by atoms with E-state index >= 15 is 0 Å². The Kier molecular flexibility index (Phi) is 3.44. The molecule has 0 unspecified atom stereocenters. The maximum absolute atomic E-state index is 5.90. The number of rotatable bonds is 3. The zero-order valence-electron chi connectivity index (χ0n) is 10.9. The minimum Gasteiger partial charge on any atom is -0.454 e. The minimum absolute atomic E-state index is 0.299. The molecule has 0 saturated heterocycles. The molecular formula is C14H19N3O2. The monoisotopic (exact) mass is 261 g/mol. The lowest BCUT2D eigenvalue weighted by molar-refractivity contribution is 0.174. The number of nitrogens with zero attached hydrogens (tertiary/aromatic N) is 1. The molecule has 0 spiro atoms. The fraction of sp³-hybridized carbons (Fsp3) is 0.500. The second-order valence-electron chi connectivity index (χ2n) is 5.01. The molecule has 1 fully saturated rings. The van der Waals surface area contributed by atoms with Gasteiger partial charge in [-0.3, -0.25) is 0 Å². The van der Waals surface area contributed by atoms with Gasteiger partial charge in [-0.15, -0.1) is 0 Å². The predicted molar refractivity (Wildman–Crippen MR) is 73.3 cm³/mol. The van der Waals surface area contributed by atoms with Gasteiger partial charge in [-0.2, -0.15) is 0 Å². The number of aliphatic imine (C=N–C) groups is 1. The van der Waals surface area contributed by atoms with E-state index in [-0.39, 0.29) is 0 Å². The number of benzene rings is 1. The summed E-state index contributed by atoms with van der Waals surface area (Å²) in [6.45, 7) is 0.857. The SMILES string of the molecule is NC(=NCc1ccc2c(c1)OCO2)NC1CCCC1. The number of guanidine groups is 1. The van der Waals surface area contributed by atoms with Crippen LogP contribution in [0.25, 0.3) is 0 Å². The van der Waals surface area contributed by atoms with Crippen LogP contribution < -0.4 is 20.5 Å². The number of nitrogens with one attached hydrogen (secondary N) is 1. The third kappa shape index (κ3) is 2.92. The highest BCUT2D eigenvalue weighted by Gasteiger charge is 2.15. The Labute approximate surface area is 112 Å². The van der Waals surface area contributed by atoms with Crippen molar-refractivity contribution in [1.82, 2.24) is 5.32 Å². The van der Waals surface area contributed by atoms with Gasteiger partial charge in [-0.1, -0.05) is 18.9 Å². The Balaban J connectivity index is 1.58. The molecule has 5 heteroatoms. The minimum atomic E-state index is 0.299. The first kappa shape index (κ1) is 12.1. The highest BCUT2D eigenvalue weighted by atomic mass is 16.7. The van der Waals surface area contributed by atoms with E-state index in [1.165, 1.54) is 25.7 Å². The topological polar surface area (TPSA) is 68.9 Å². The smallest absolute Gasteiger partial charge is 0.231 e. The average Bonchev–Trinajstić information content (AvgIpc) is 3.06. The second kappa shape index (κ2) is 5.38. The van der Waals surface area contributed by atoms with Crippen LogP contribution in [0.3, 0.4) is 0 Å². The average molecular weight is 261 g/mol. The summed E-state index contributed by atoms with van der Waals surface area (Å²) in [4.78, 5) is 4.37. The van der Waals surface area contributed by atoms with Crippen molar-refractivity contribution >= 4 is 5.96 Å². The largest absolute Gasteiger partial charge is 0.454 e. The van der Waals surface area contributed by atoms with Crippen LogP contribution in [0.15, 0.2) is 23.2 Å². The first-order valence-corrected chi connectivity index (χ1v) is 6.76. The zero-order chi connectivity index (χ0) is 13.1. The Hall–Kier alpha value is -1.91. The summed E-state index contributed by atoms with van der Waals surface area (Å²) in [5, 5.41) is 3.27. The zero-order valence-corrected chi connectivity index (χ0v) is 10.9. The fourth-order valence-electron chi connectivity index (χ4n) is 2.54. The first-order valence-electron chi connectivity index (χ1n) is 6.76. The molecule has 3 N–H and O–H groups in total. The molecule has 1 aromatic carbocycles. The van der Waals surface area contributed by atoms with Gasteiger partial charge in [-0.25, -0.2) is 4.99 Å². The first-order chi connectivity index (χ1) is 9.31. The van der Waals surface area contributed by atoms with Crippen molar-refractivity contribution < 1.29 is 9.47 Å². The van der Waals surface area contributed by atoms with Crippen molar-refractivity contribution in [3.05, 3.63) is 23.8 Å². The summed E-state index contributed by atoms with van der Waals surface area (Å²) in [6, 6.07) is 6.35. The molecular weight excluding hydrogens is 242 g/mol. The molecule has 3 rings (SSSR count). The van der Waals surface area contributed by atoms with Gasteiger partial charge in [0.15, 0.2) is 17.5 Å². The summed E-state index contributed by atoms with van der Waals surface area (Å²) < 4.78 is 10.6. The van der Waals surface area contributed by atoms with Gasteiger partial charge in [0.25, 0.3) is 0 Å². The molecule has 1 aromatic rings. The maximum Gasteiger partial charge on any atom is 0.231 e. The van der Waals surface area contributed by atoms with Crippen LogP contribution in [0.2, 0.25) is 0 Å². The highest BCUT2D eigenvalue weighted by molar-refractivity contribution is 5.78. The van der Waals surface area contributed by atoms with Gasteiger partial charge in [0.05, 0.1) is 6.54 Å². The van der Waals surface area contributed by atoms with Crippen molar-refractivity contribution in [3.63, 3.8) is 0 Å². The molecule has 0 bridgehead atoms. The Morgan fingerprint density at radius 2 is 2.05 bits per heavy atom. The van der Waals surface area contributed by atoms with E-state index in [1.807, 2.05) is 18.2 Å². The predicted octanol–water partition coefficient (Wildman–Crippen LogP) is 1.76. The Morgan fingerprint density at radius 1 is 1.26 bits per heavy atom. The number of nitrogens with two attached hydrogens (primary N) is 1. The molecule has 0 amide bonds. The van der Waals surface area contributed by atoms with Gasteiger partial charge in [0.1, 0.15) is 0 Å². The van der Waals surface area contributed by atoms with Crippen LogP contribution in [0, 0.1) is 0 Å². The summed E-state index contributed by atoms with van der Waals surface area (Å²) in [5.41, 5.74) is 6.97. The lowest BCUT2D eigenvalue weighted by Crippen LogP contribution is -2.38. The van der Waals surface area contributed by atoms with Gasteiger partial charge in [-0.05, 0) is 30.5 Å². The molecule has 1 heterocycles. The maximum atomic E-state index is 5.90. The van der Waals surface area contributed by atoms with Crippen LogP contribution >= 0.6 is 0 Å². The summed E-state index contributed by atoms with van der Waals surface area (Å²) in [7, 11) is 0. The van der Waals surface area contributed by atoms with Gasteiger partial charge < -0.3 is 20.5 Å². The van der Waals surface area contributed by atoms with Gasteiger partial charge in [0, 0.05) is 6.04 Å². The van der Waals surface area contributed by atoms with Crippen LogP contribution in [-0.2, 0) is 6.54 Å². The molecule has 1 saturated carbocycles. The molecule has 1 aliphatic heterocycles. The van der Waals surface area contributed by atoms with Crippen LogP contribution in [-0.4, -0.2) is 18.8 Å². The van der Waals surface area contributed by atoms with E-state index in [2.05, 4.69) is 10.3 Å². The number of ether oxygens (including phenoxy) is 2. The standard InChI is InChI=1S/C14H19N3O2/c15-14(17-11-3-1-2-4-11)16-8-10-5-6-12-13(7-10)19-9-18-12/h5-7,11H,1-4,8-9H2,(H3,15,16,17). The van der Waals surface area contributed by atoms with Crippen molar-refractivity contribution in [2.24, 2.45) is 10.7 Å². The van der Waals surface area contributed by atoms with Crippen LogP contribution in [0.4, 0.5) is 0 Å². The quantitative estimate of drug-likeness (QED) is 0.642. The normalized spacial score (nSPS) is 18.8. The number of fused-ring (bicyclic) bond motifs is 1. The number of hydrogen-bond donors (Lipinski definition) is 2. The third-order valence-corrected chi connectivity index (χ3v) is 3.58. The molecule has 102 valence electrons. The van der Waals surface area contributed by atoms with E-state index in [4.69, 9.17) is 15.2 Å². The highest BCUT2D eigenvalue weighted by Crippen LogP contribution is 2.32. The van der Waals surface area contributed by atoms with Crippen molar-refractivity contribution in [1.29, 1.82) is 0 Å². The van der Waals surface area contributed by atoms with E-state index in [0.29, 0.717) is 25.3 Å². The molecule has 19 heavy (non-hydrogen) atoms.